The molecular formula is C18H23F3N2O6. The normalized spacial score (nSPS) is 19.8. The van der Waals surface area contributed by atoms with Crippen molar-refractivity contribution in [2.24, 2.45) is 0 Å². The number of carbonyl (C=O) groups is 1. The number of halogens is 3. The Kier molecular flexibility index (Phi) is 6.31. The van der Waals surface area contributed by atoms with E-state index in [4.69, 9.17) is 4.74 Å². The number of benzene rings is 1. The summed E-state index contributed by atoms with van der Waals surface area (Å²) in [6.07, 6.45) is -5.35. The molecule has 2 rings (SSSR count). The zero-order valence-electron chi connectivity index (χ0n) is 16.2. The number of hydrogen-bond donors (Lipinski definition) is 2. The molecule has 0 aliphatic heterocycles. The van der Waals surface area contributed by atoms with Crippen LogP contribution in [0.15, 0.2) is 12.1 Å². The highest BCUT2D eigenvalue weighted by atomic mass is 19.4. The van der Waals surface area contributed by atoms with Gasteiger partial charge in [0.2, 0.25) is 5.75 Å². The lowest BCUT2D eigenvalue weighted by Gasteiger charge is -2.33. The number of nitro groups is 1. The molecule has 0 bridgehead atoms. The summed E-state index contributed by atoms with van der Waals surface area (Å²) in [5.74, 6) is -1.49. The molecule has 0 spiro atoms. The van der Waals surface area contributed by atoms with Gasteiger partial charge in [-0.15, -0.1) is 0 Å². The van der Waals surface area contributed by atoms with Crippen LogP contribution < -0.4 is 0 Å². The lowest BCUT2D eigenvalue weighted by Crippen LogP contribution is -2.46. The third kappa shape index (κ3) is 5.49. The molecule has 1 aliphatic carbocycles. The van der Waals surface area contributed by atoms with Crippen molar-refractivity contribution >= 4 is 11.8 Å². The van der Waals surface area contributed by atoms with Gasteiger partial charge in [0.25, 0.3) is 0 Å². The van der Waals surface area contributed by atoms with Gasteiger partial charge in [0, 0.05) is 12.6 Å². The molecule has 0 saturated heterocycles. The standard InChI is InChI=1S/C18H23F3N2O6/c1-17(2,3)29-16(26)22(12-5-4-6-14(12)24)9-10-7-11(18(19,20)21)15(25)13(8-10)23(27)28/h7-8,12,14,24-25H,4-6,9H2,1-3H3/t12-,14-/m1/s1. The fourth-order valence-electron chi connectivity index (χ4n) is 3.24. The summed E-state index contributed by atoms with van der Waals surface area (Å²) in [6, 6.07) is 0.636. The van der Waals surface area contributed by atoms with Gasteiger partial charge >= 0.3 is 18.0 Å². The monoisotopic (exact) mass is 420 g/mol. The van der Waals surface area contributed by atoms with Crippen LogP contribution in [-0.4, -0.2) is 43.9 Å². The van der Waals surface area contributed by atoms with Crippen molar-refractivity contribution in [3.05, 3.63) is 33.4 Å². The quantitative estimate of drug-likeness (QED) is 0.563. The SMILES string of the molecule is CC(C)(C)OC(=O)N(Cc1cc([N+](=O)[O-])c(O)c(C(F)(F)F)c1)[C@@H]1CCC[C@H]1O. The topological polar surface area (TPSA) is 113 Å². The van der Waals surface area contributed by atoms with E-state index < -0.39 is 58.5 Å². The van der Waals surface area contributed by atoms with E-state index in [0.717, 1.165) is 11.0 Å². The van der Waals surface area contributed by atoms with Gasteiger partial charge in [0.05, 0.1) is 17.1 Å². The van der Waals surface area contributed by atoms with Crippen LogP contribution in [0.3, 0.4) is 0 Å². The summed E-state index contributed by atoms with van der Waals surface area (Å²) in [4.78, 5) is 23.7. The summed E-state index contributed by atoms with van der Waals surface area (Å²) < 4.78 is 45.0. The van der Waals surface area contributed by atoms with E-state index in [1.807, 2.05) is 0 Å². The van der Waals surface area contributed by atoms with Crippen LogP contribution in [0.1, 0.15) is 51.2 Å². The van der Waals surface area contributed by atoms with E-state index >= 15 is 0 Å². The lowest BCUT2D eigenvalue weighted by molar-refractivity contribution is -0.386. The number of aromatic hydroxyl groups is 1. The predicted molar refractivity (Wildman–Crippen MR) is 95.2 cm³/mol. The summed E-state index contributed by atoms with van der Waals surface area (Å²) in [6.45, 7) is 4.38. The van der Waals surface area contributed by atoms with Crippen LogP contribution in [0, 0.1) is 10.1 Å². The number of aliphatic hydroxyl groups excluding tert-OH is 1. The molecule has 162 valence electrons. The first-order chi connectivity index (χ1) is 13.2. The van der Waals surface area contributed by atoms with E-state index in [0.29, 0.717) is 25.3 Å². The van der Waals surface area contributed by atoms with Crippen LogP contribution in [0.2, 0.25) is 0 Å². The molecule has 2 N–H and O–H groups in total. The average molecular weight is 420 g/mol. The second-order valence-electron chi connectivity index (χ2n) is 7.94. The molecule has 1 saturated carbocycles. The van der Waals surface area contributed by atoms with Crippen LogP contribution in [0.25, 0.3) is 0 Å². The van der Waals surface area contributed by atoms with Crippen LogP contribution in [0.4, 0.5) is 23.7 Å². The largest absolute Gasteiger partial charge is 0.502 e. The summed E-state index contributed by atoms with van der Waals surface area (Å²) in [7, 11) is 0. The van der Waals surface area contributed by atoms with Crippen molar-refractivity contribution in [1.29, 1.82) is 0 Å². The molecule has 1 fully saturated rings. The van der Waals surface area contributed by atoms with Crippen LogP contribution in [0.5, 0.6) is 5.75 Å². The molecule has 1 amide bonds. The van der Waals surface area contributed by atoms with E-state index in [9.17, 15) is 38.3 Å². The van der Waals surface area contributed by atoms with Gasteiger partial charge in [-0.1, -0.05) is 0 Å². The zero-order chi connectivity index (χ0) is 22.1. The molecular weight excluding hydrogens is 397 g/mol. The number of phenols is 1. The number of nitrogens with zero attached hydrogens (tertiary/aromatic N) is 2. The van der Waals surface area contributed by atoms with E-state index in [1.165, 1.54) is 0 Å². The maximum absolute atomic E-state index is 13.2. The molecule has 1 aliphatic rings. The first-order valence-electron chi connectivity index (χ1n) is 8.96. The third-order valence-electron chi connectivity index (χ3n) is 4.48. The second-order valence-corrected chi connectivity index (χ2v) is 7.94. The average Bonchev–Trinajstić information content (AvgIpc) is 2.96. The van der Waals surface area contributed by atoms with Crippen molar-refractivity contribution in [3.63, 3.8) is 0 Å². The van der Waals surface area contributed by atoms with E-state index in [2.05, 4.69) is 0 Å². The molecule has 29 heavy (non-hydrogen) atoms. The van der Waals surface area contributed by atoms with Gasteiger partial charge in [-0.25, -0.2) is 4.79 Å². The fraction of sp³-hybridized carbons (Fsp3) is 0.611. The highest BCUT2D eigenvalue weighted by molar-refractivity contribution is 5.69. The second kappa shape index (κ2) is 8.05. The Morgan fingerprint density at radius 1 is 1.31 bits per heavy atom. The predicted octanol–water partition coefficient (Wildman–Crippen LogP) is 3.97. The summed E-state index contributed by atoms with van der Waals surface area (Å²) in [5, 5.41) is 30.9. The van der Waals surface area contributed by atoms with Crippen LogP contribution >= 0.6 is 0 Å². The maximum Gasteiger partial charge on any atom is 0.420 e. The van der Waals surface area contributed by atoms with E-state index in [-0.39, 0.29) is 5.56 Å². The van der Waals surface area contributed by atoms with Gasteiger partial charge in [0.1, 0.15) is 11.2 Å². The number of rotatable bonds is 4. The Bertz CT molecular complexity index is 791. The van der Waals surface area contributed by atoms with Crippen molar-refractivity contribution in [3.8, 4) is 5.75 Å². The number of phenolic OH excluding ortho intramolecular Hbond substituents is 1. The van der Waals surface area contributed by atoms with Gasteiger partial charge in [0.15, 0.2) is 0 Å². The molecule has 8 nitrogen and oxygen atoms in total. The number of ether oxygens (including phenoxy) is 1. The maximum atomic E-state index is 13.2. The smallest absolute Gasteiger partial charge is 0.420 e. The highest BCUT2D eigenvalue weighted by Crippen LogP contribution is 2.42. The third-order valence-corrected chi connectivity index (χ3v) is 4.48. The molecule has 0 unspecified atom stereocenters. The molecule has 0 heterocycles. The van der Waals surface area contributed by atoms with E-state index in [1.54, 1.807) is 20.8 Å². The van der Waals surface area contributed by atoms with Crippen molar-refractivity contribution in [1.82, 2.24) is 4.90 Å². The first-order valence-corrected chi connectivity index (χ1v) is 8.96. The minimum Gasteiger partial charge on any atom is -0.502 e. The Labute approximate surface area is 165 Å². The van der Waals surface area contributed by atoms with Gasteiger partial charge < -0.3 is 14.9 Å². The molecule has 1 aromatic carbocycles. The van der Waals surface area contributed by atoms with Gasteiger partial charge in [-0.05, 0) is 51.7 Å². The van der Waals surface area contributed by atoms with Crippen molar-refractivity contribution < 1.29 is 37.8 Å². The summed E-state index contributed by atoms with van der Waals surface area (Å²) >= 11 is 0. The molecule has 0 radical (unpaired) electrons. The fourth-order valence-corrected chi connectivity index (χ4v) is 3.24. The van der Waals surface area contributed by atoms with Gasteiger partial charge in [-0.3, -0.25) is 15.0 Å². The number of alkyl halides is 3. The van der Waals surface area contributed by atoms with Crippen LogP contribution in [-0.2, 0) is 17.5 Å². The number of amides is 1. The Balaban J connectivity index is 2.48. The Hall–Kier alpha value is -2.56. The lowest BCUT2D eigenvalue weighted by atomic mass is 10.1. The molecule has 0 aromatic heterocycles. The molecule has 2 atom stereocenters. The Morgan fingerprint density at radius 2 is 1.93 bits per heavy atom. The number of hydrogen-bond acceptors (Lipinski definition) is 6. The highest BCUT2D eigenvalue weighted by Gasteiger charge is 2.40. The van der Waals surface area contributed by atoms with Crippen molar-refractivity contribution in [2.75, 3.05) is 0 Å². The number of carbonyl (C=O) groups excluding carboxylic acids is 1. The summed E-state index contributed by atoms with van der Waals surface area (Å²) in [5.41, 5.74) is -3.80. The minimum absolute atomic E-state index is 0.216. The van der Waals surface area contributed by atoms with Crippen molar-refractivity contribution in [2.45, 2.75) is 70.5 Å². The van der Waals surface area contributed by atoms with Gasteiger partial charge in [-0.2, -0.15) is 13.2 Å². The molecule has 11 heteroatoms. The number of nitro benzene ring substituents is 1. The number of aliphatic hydroxyl groups is 1. The zero-order valence-corrected chi connectivity index (χ0v) is 16.2. The molecule has 1 aromatic rings. The first kappa shape index (κ1) is 22.7. The Morgan fingerprint density at radius 3 is 2.38 bits per heavy atom. The minimum atomic E-state index is -5.03.